The molecule has 1 aliphatic rings. The molecule has 0 bridgehead atoms. The third kappa shape index (κ3) is 2.03. The summed E-state index contributed by atoms with van der Waals surface area (Å²) in [6, 6.07) is 0. The standard InChI is InChI=1S/C11H15NO2/c13-7-10-8-14-12-11(10)6-9-4-2-1-3-5-9/h7-9H,1-6H2. The lowest BCUT2D eigenvalue weighted by molar-refractivity contribution is 0.112. The number of aromatic nitrogens is 1. The molecule has 0 amide bonds. The molecule has 3 heteroatoms. The van der Waals surface area contributed by atoms with E-state index < -0.39 is 0 Å². The molecule has 0 spiro atoms. The van der Waals surface area contributed by atoms with Crippen molar-refractivity contribution in [2.45, 2.75) is 38.5 Å². The molecule has 1 aliphatic carbocycles. The van der Waals surface area contributed by atoms with Crippen molar-refractivity contribution in [3.63, 3.8) is 0 Å². The molecule has 0 aliphatic heterocycles. The summed E-state index contributed by atoms with van der Waals surface area (Å²) < 4.78 is 4.80. The molecule has 0 atom stereocenters. The van der Waals surface area contributed by atoms with E-state index in [0.29, 0.717) is 11.5 Å². The van der Waals surface area contributed by atoms with Gasteiger partial charge in [0.2, 0.25) is 0 Å². The number of nitrogens with zero attached hydrogens (tertiary/aromatic N) is 1. The van der Waals surface area contributed by atoms with Crippen molar-refractivity contribution in [3.8, 4) is 0 Å². The molecule has 1 saturated carbocycles. The fourth-order valence-corrected chi connectivity index (χ4v) is 2.18. The number of carbonyl (C=O) groups excluding carboxylic acids is 1. The van der Waals surface area contributed by atoms with E-state index in [0.717, 1.165) is 18.4 Å². The van der Waals surface area contributed by atoms with Gasteiger partial charge in [-0.05, 0) is 12.3 Å². The van der Waals surface area contributed by atoms with E-state index in [1.807, 2.05) is 0 Å². The summed E-state index contributed by atoms with van der Waals surface area (Å²) >= 11 is 0. The molecule has 0 aromatic carbocycles. The van der Waals surface area contributed by atoms with Crippen LogP contribution in [0, 0.1) is 5.92 Å². The topological polar surface area (TPSA) is 43.1 Å². The Balaban J connectivity index is 1.98. The zero-order valence-corrected chi connectivity index (χ0v) is 8.24. The smallest absolute Gasteiger partial charge is 0.155 e. The highest BCUT2D eigenvalue weighted by Gasteiger charge is 2.17. The van der Waals surface area contributed by atoms with Gasteiger partial charge in [0, 0.05) is 0 Å². The van der Waals surface area contributed by atoms with Gasteiger partial charge in [-0.25, -0.2) is 0 Å². The largest absolute Gasteiger partial charge is 0.364 e. The van der Waals surface area contributed by atoms with Crippen LogP contribution in [-0.2, 0) is 6.42 Å². The lowest BCUT2D eigenvalue weighted by Crippen LogP contribution is -2.10. The minimum Gasteiger partial charge on any atom is -0.364 e. The summed E-state index contributed by atoms with van der Waals surface area (Å²) in [6.45, 7) is 0. The van der Waals surface area contributed by atoms with Crippen LogP contribution in [0.15, 0.2) is 10.8 Å². The first-order valence-electron chi connectivity index (χ1n) is 5.28. The van der Waals surface area contributed by atoms with Gasteiger partial charge in [-0.2, -0.15) is 0 Å². The Kier molecular flexibility index (Phi) is 2.96. The Morgan fingerprint density at radius 3 is 2.93 bits per heavy atom. The molecule has 1 aromatic rings. The average molecular weight is 193 g/mol. The SMILES string of the molecule is O=Cc1conc1CC1CCCCC1. The van der Waals surface area contributed by atoms with Crippen LogP contribution in [0.1, 0.15) is 48.2 Å². The van der Waals surface area contributed by atoms with E-state index in [2.05, 4.69) is 5.16 Å². The Morgan fingerprint density at radius 1 is 1.43 bits per heavy atom. The van der Waals surface area contributed by atoms with Gasteiger partial charge in [-0.1, -0.05) is 37.3 Å². The molecular formula is C11H15NO2. The summed E-state index contributed by atoms with van der Waals surface area (Å²) in [5.41, 5.74) is 1.46. The van der Waals surface area contributed by atoms with Crippen molar-refractivity contribution in [3.05, 3.63) is 17.5 Å². The average Bonchev–Trinajstić information content (AvgIpc) is 2.67. The van der Waals surface area contributed by atoms with Gasteiger partial charge < -0.3 is 4.52 Å². The molecule has 1 aromatic heterocycles. The minimum atomic E-state index is 0.621. The van der Waals surface area contributed by atoms with Crippen LogP contribution in [0.3, 0.4) is 0 Å². The Labute approximate surface area is 83.5 Å². The van der Waals surface area contributed by atoms with Crippen LogP contribution >= 0.6 is 0 Å². The zero-order chi connectivity index (χ0) is 9.80. The van der Waals surface area contributed by atoms with Gasteiger partial charge in [-0.15, -0.1) is 0 Å². The van der Waals surface area contributed by atoms with Crippen LogP contribution in [0.2, 0.25) is 0 Å². The fourth-order valence-electron chi connectivity index (χ4n) is 2.18. The van der Waals surface area contributed by atoms with Gasteiger partial charge in [-0.3, -0.25) is 4.79 Å². The quantitative estimate of drug-likeness (QED) is 0.693. The van der Waals surface area contributed by atoms with Crippen molar-refractivity contribution in [2.24, 2.45) is 5.92 Å². The molecular weight excluding hydrogens is 178 g/mol. The van der Waals surface area contributed by atoms with Gasteiger partial charge >= 0.3 is 0 Å². The molecule has 2 rings (SSSR count). The number of carbonyl (C=O) groups is 1. The van der Waals surface area contributed by atoms with Crippen LogP contribution in [0.5, 0.6) is 0 Å². The second-order valence-corrected chi connectivity index (χ2v) is 4.04. The van der Waals surface area contributed by atoms with E-state index in [-0.39, 0.29) is 0 Å². The van der Waals surface area contributed by atoms with Crippen molar-refractivity contribution >= 4 is 6.29 Å². The van der Waals surface area contributed by atoms with Crippen LogP contribution in [0.4, 0.5) is 0 Å². The lowest BCUT2D eigenvalue weighted by Gasteiger charge is -2.20. The summed E-state index contributed by atoms with van der Waals surface area (Å²) in [7, 11) is 0. The van der Waals surface area contributed by atoms with E-state index in [4.69, 9.17) is 4.52 Å². The lowest BCUT2D eigenvalue weighted by atomic mass is 9.86. The Hall–Kier alpha value is -1.12. The highest BCUT2D eigenvalue weighted by Crippen LogP contribution is 2.26. The molecule has 76 valence electrons. The van der Waals surface area contributed by atoms with Crippen molar-refractivity contribution in [2.75, 3.05) is 0 Å². The summed E-state index contributed by atoms with van der Waals surface area (Å²) in [5, 5.41) is 3.87. The van der Waals surface area contributed by atoms with E-state index in [9.17, 15) is 4.79 Å². The summed E-state index contributed by atoms with van der Waals surface area (Å²) in [5.74, 6) is 0.701. The summed E-state index contributed by atoms with van der Waals surface area (Å²) in [4.78, 5) is 10.6. The van der Waals surface area contributed by atoms with Gasteiger partial charge in [0.05, 0.1) is 11.3 Å². The predicted molar refractivity (Wildman–Crippen MR) is 52.2 cm³/mol. The van der Waals surface area contributed by atoms with Gasteiger partial charge in [0.1, 0.15) is 6.26 Å². The Morgan fingerprint density at radius 2 is 2.21 bits per heavy atom. The maximum Gasteiger partial charge on any atom is 0.155 e. The molecule has 0 N–H and O–H groups in total. The van der Waals surface area contributed by atoms with Crippen molar-refractivity contribution < 1.29 is 9.32 Å². The molecule has 0 radical (unpaired) electrons. The van der Waals surface area contributed by atoms with Crippen LogP contribution in [0.25, 0.3) is 0 Å². The normalized spacial score (nSPS) is 18.3. The van der Waals surface area contributed by atoms with Crippen LogP contribution < -0.4 is 0 Å². The first-order chi connectivity index (χ1) is 6.90. The first-order valence-corrected chi connectivity index (χ1v) is 5.28. The second-order valence-electron chi connectivity index (χ2n) is 4.04. The van der Waals surface area contributed by atoms with Gasteiger partial charge in [0.25, 0.3) is 0 Å². The van der Waals surface area contributed by atoms with Crippen molar-refractivity contribution in [1.29, 1.82) is 0 Å². The number of hydrogen-bond donors (Lipinski definition) is 0. The fraction of sp³-hybridized carbons (Fsp3) is 0.636. The second kappa shape index (κ2) is 4.40. The third-order valence-corrected chi connectivity index (χ3v) is 3.01. The molecule has 1 fully saturated rings. The van der Waals surface area contributed by atoms with E-state index >= 15 is 0 Å². The number of aldehydes is 1. The Bertz CT molecular complexity index is 300. The van der Waals surface area contributed by atoms with E-state index in [1.54, 1.807) is 0 Å². The van der Waals surface area contributed by atoms with Crippen molar-refractivity contribution in [1.82, 2.24) is 5.16 Å². The van der Waals surface area contributed by atoms with E-state index in [1.165, 1.54) is 38.4 Å². The number of rotatable bonds is 3. The zero-order valence-electron chi connectivity index (χ0n) is 8.24. The predicted octanol–water partition coefficient (Wildman–Crippen LogP) is 2.61. The first kappa shape index (κ1) is 9.44. The maximum absolute atomic E-state index is 10.6. The molecule has 3 nitrogen and oxygen atoms in total. The monoisotopic (exact) mass is 193 g/mol. The third-order valence-electron chi connectivity index (χ3n) is 3.01. The van der Waals surface area contributed by atoms with Crippen LogP contribution in [-0.4, -0.2) is 11.4 Å². The molecule has 0 unspecified atom stereocenters. The molecule has 14 heavy (non-hydrogen) atoms. The summed E-state index contributed by atoms with van der Waals surface area (Å²) in [6.07, 6.45) is 9.70. The molecule has 1 heterocycles. The van der Waals surface area contributed by atoms with Gasteiger partial charge in [0.15, 0.2) is 6.29 Å². The molecule has 0 saturated heterocycles. The minimum absolute atomic E-state index is 0.621. The highest BCUT2D eigenvalue weighted by atomic mass is 16.5. The maximum atomic E-state index is 10.6. The number of hydrogen-bond acceptors (Lipinski definition) is 3. The highest BCUT2D eigenvalue weighted by molar-refractivity contribution is 5.75.